The number of hydrogen-bond donors (Lipinski definition) is 2. The fraction of sp³-hybridized carbons (Fsp3) is 0.222. The van der Waals surface area contributed by atoms with Gasteiger partial charge in [0.15, 0.2) is 11.5 Å². The third-order valence-electron chi connectivity index (χ3n) is 3.91. The first-order chi connectivity index (χ1) is 13.0. The van der Waals surface area contributed by atoms with E-state index in [-0.39, 0.29) is 23.1 Å². The molecule has 27 heavy (non-hydrogen) atoms. The number of alkyl halides is 2. The topological polar surface area (TPSA) is 79.9 Å². The van der Waals surface area contributed by atoms with Crippen LogP contribution in [0.15, 0.2) is 42.5 Å². The van der Waals surface area contributed by atoms with E-state index >= 15 is 0 Å². The molecule has 1 aliphatic heterocycles. The summed E-state index contributed by atoms with van der Waals surface area (Å²) in [4.78, 5) is 25.8. The van der Waals surface area contributed by atoms with Crippen molar-refractivity contribution in [3.05, 3.63) is 48.0 Å². The van der Waals surface area contributed by atoms with E-state index in [1.807, 2.05) is 0 Å². The van der Waals surface area contributed by atoms with E-state index in [1.165, 1.54) is 25.3 Å². The smallest absolute Gasteiger partial charge is 0.387 e. The van der Waals surface area contributed by atoms with E-state index in [9.17, 15) is 18.4 Å². The Morgan fingerprint density at radius 3 is 2.70 bits per heavy atom. The molecule has 0 bridgehead atoms. The van der Waals surface area contributed by atoms with Crippen molar-refractivity contribution in [1.82, 2.24) is 5.32 Å². The summed E-state index contributed by atoms with van der Waals surface area (Å²) in [6.07, 6.45) is 0. The van der Waals surface area contributed by atoms with Gasteiger partial charge in [0.05, 0.1) is 7.11 Å². The molecule has 0 radical (unpaired) electrons. The molecule has 0 atom stereocenters. The van der Waals surface area contributed by atoms with Gasteiger partial charge in [-0.3, -0.25) is 9.69 Å². The SMILES string of the molecule is COc1cc(C(=O)Nc2cccc(N3CCNC3=O)c2)ccc1OC(F)F. The minimum absolute atomic E-state index is 0.0189. The molecule has 1 heterocycles. The van der Waals surface area contributed by atoms with Gasteiger partial charge in [0.2, 0.25) is 0 Å². The van der Waals surface area contributed by atoms with Crippen LogP contribution in [0.1, 0.15) is 10.4 Å². The normalized spacial score (nSPS) is 13.5. The number of halogens is 2. The zero-order valence-electron chi connectivity index (χ0n) is 14.4. The molecule has 3 amide bonds. The third kappa shape index (κ3) is 4.25. The number of nitrogens with zero attached hydrogens (tertiary/aromatic N) is 1. The van der Waals surface area contributed by atoms with Crippen molar-refractivity contribution in [2.24, 2.45) is 0 Å². The molecule has 0 saturated carbocycles. The van der Waals surface area contributed by atoms with Crippen LogP contribution in [0.4, 0.5) is 25.0 Å². The maximum Gasteiger partial charge on any atom is 0.387 e. The molecule has 2 N–H and O–H groups in total. The number of carbonyl (C=O) groups is 2. The van der Waals surface area contributed by atoms with Gasteiger partial charge in [-0.2, -0.15) is 8.78 Å². The second kappa shape index (κ2) is 7.90. The molecular weight excluding hydrogens is 360 g/mol. The molecule has 1 aliphatic rings. The van der Waals surface area contributed by atoms with E-state index in [1.54, 1.807) is 29.2 Å². The number of rotatable bonds is 6. The van der Waals surface area contributed by atoms with Crippen LogP contribution in [0, 0.1) is 0 Å². The highest BCUT2D eigenvalue weighted by atomic mass is 19.3. The Bertz CT molecular complexity index is 860. The van der Waals surface area contributed by atoms with Crippen molar-refractivity contribution in [2.75, 3.05) is 30.4 Å². The second-order valence-electron chi connectivity index (χ2n) is 5.63. The largest absolute Gasteiger partial charge is 0.493 e. The molecule has 0 spiro atoms. The van der Waals surface area contributed by atoms with E-state index in [0.717, 1.165) is 0 Å². The highest BCUT2D eigenvalue weighted by molar-refractivity contribution is 6.05. The van der Waals surface area contributed by atoms with Crippen molar-refractivity contribution < 1.29 is 27.8 Å². The highest BCUT2D eigenvalue weighted by Gasteiger charge is 2.21. The van der Waals surface area contributed by atoms with Gasteiger partial charge in [-0.25, -0.2) is 4.79 Å². The molecular formula is C18H17F2N3O4. The van der Waals surface area contributed by atoms with Crippen molar-refractivity contribution in [3.8, 4) is 11.5 Å². The summed E-state index contributed by atoms with van der Waals surface area (Å²) in [5.74, 6) is -0.601. The quantitative estimate of drug-likeness (QED) is 0.811. The average Bonchev–Trinajstić information content (AvgIpc) is 3.07. The van der Waals surface area contributed by atoms with Crippen LogP contribution >= 0.6 is 0 Å². The molecule has 0 aliphatic carbocycles. The molecule has 0 unspecified atom stereocenters. The van der Waals surface area contributed by atoms with Crippen LogP contribution in [0.3, 0.4) is 0 Å². The first-order valence-electron chi connectivity index (χ1n) is 8.07. The Morgan fingerprint density at radius 1 is 1.22 bits per heavy atom. The van der Waals surface area contributed by atoms with Crippen LogP contribution in [0.2, 0.25) is 0 Å². The average molecular weight is 377 g/mol. The number of methoxy groups -OCH3 is 1. The van der Waals surface area contributed by atoms with Gasteiger partial charge in [0, 0.05) is 30.0 Å². The maximum atomic E-state index is 12.5. The van der Waals surface area contributed by atoms with Gasteiger partial charge >= 0.3 is 12.6 Å². The van der Waals surface area contributed by atoms with E-state index < -0.39 is 12.5 Å². The lowest BCUT2D eigenvalue weighted by Gasteiger charge is -2.16. The predicted octanol–water partition coefficient (Wildman–Crippen LogP) is 3.08. The molecule has 142 valence electrons. The molecule has 1 saturated heterocycles. The number of carbonyl (C=O) groups excluding carboxylic acids is 2. The molecule has 9 heteroatoms. The Morgan fingerprint density at radius 2 is 2.04 bits per heavy atom. The van der Waals surface area contributed by atoms with Crippen molar-refractivity contribution in [1.29, 1.82) is 0 Å². The summed E-state index contributed by atoms with van der Waals surface area (Å²) in [5.41, 5.74) is 1.35. The summed E-state index contributed by atoms with van der Waals surface area (Å²) >= 11 is 0. The number of amides is 3. The number of nitrogens with one attached hydrogen (secondary N) is 2. The minimum Gasteiger partial charge on any atom is -0.493 e. The number of hydrogen-bond acceptors (Lipinski definition) is 4. The minimum atomic E-state index is -3.00. The van der Waals surface area contributed by atoms with Crippen molar-refractivity contribution in [3.63, 3.8) is 0 Å². The highest BCUT2D eigenvalue weighted by Crippen LogP contribution is 2.30. The summed E-state index contributed by atoms with van der Waals surface area (Å²) < 4.78 is 34.1. The summed E-state index contributed by atoms with van der Waals surface area (Å²) in [5, 5.41) is 5.41. The van der Waals surface area contributed by atoms with Crippen LogP contribution < -0.4 is 25.0 Å². The summed E-state index contributed by atoms with van der Waals surface area (Å²) in [6.45, 7) is -1.90. The Labute approximate surface area is 153 Å². The lowest BCUT2D eigenvalue weighted by molar-refractivity contribution is -0.0512. The maximum absolute atomic E-state index is 12.5. The third-order valence-corrected chi connectivity index (χ3v) is 3.91. The molecule has 1 fully saturated rings. The summed E-state index contributed by atoms with van der Waals surface area (Å²) in [7, 11) is 1.29. The van der Waals surface area contributed by atoms with Crippen molar-refractivity contribution >= 4 is 23.3 Å². The van der Waals surface area contributed by atoms with Gasteiger partial charge in [-0.05, 0) is 36.4 Å². The molecule has 2 aromatic carbocycles. The monoisotopic (exact) mass is 377 g/mol. The Kier molecular flexibility index (Phi) is 5.39. The Balaban J connectivity index is 1.76. The standard InChI is InChI=1S/C18H17F2N3O4/c1-26-15-9-11(5-6-14(15)27-17(19)20)16(24)22-12-3-2-4-13(10-12)23-8-7-21-18(23)25/h2-6,9-10,17H,7-8H2,1H3,(H,21,25)(H,22,24). The lowest BCUT2D eigenvalue weighted by atomic mass is 10.1. The zero-order chi connectivity index (χ0) is 19.4. The second-order valence-corrected chi connectivity index (χ2v) is 5.63. The fourth-order valence-corrected chi connectivity index (χ4v) is 2.67. The first-order valence-corrected chi connectivity index (χ1v) is 8.07. The summed E-state index contributed by atoms with van der Waals surface area (Å²) in [6, 6.07) is 10.5. The van der Waals surface area contributed by atoms with Gasteiger partial charge in [0.25, 0.3) is 5.91 Å². The molecule has 0 aromatic heterocycles. The van der Waals surface area contributed by atoms with Gasteiger partial charge in [-0.1, -0.05) is 6.07 Å². The zero-order valence-corrected chi connectivity index (χ0v) is 14.4. The fourth-order valence-electron chi connectivity index (χ4n) is 2.67. The lowest BCUT2D eigenvalue weighted by Crippen LogP contribution is -2.27. The van der Waals surface area contributed by atoms with Crippen LogP contribution in [0.25, 0.3) is 0 Å². The molecule has 7 nitrogen and oxygen atoms in total. The number of benzene rings is 2. The molecule has 3 rings (SSSR count). The first kappa shape index (κ1) is 18.4. The van der Waals surface area contributed by atoms with Crippen LogP contribution in [-0.4, -0.2) is 38.7 Å². The van der Waals surface area contributed by atoms with Gasteiger partial charge in [-0.15, -0.1) is 0 Å². The van der Waals surface area contributed by atoms with Crippen LogP contribution in [0.5, 0.6) is 11.5 Å². The van der Waals surface area contributed by atoms with Crippen LogP contribution in [-0.2, 0) is 0 Å². The number of ether oxygens (including phenoxy) is 2. The van der Waals surface area contributed by atoms with Crippen molar-refractivity contribution in [2.45, 2.75) is 6.61 Å². The number of anilines is 2. The van der Waals surface area contributed by atoms with E-state index in [4.69, 9.17) is 4.74 Å². The van der Waals surface area contributed by atoms with E-state index in [0.29, 0.717) is 24.5 Å². The van der Waals surface area contributed by atoms with E-state index in [2.05, 4.69) is 15.4 Å². The number of urea groups is 1. The predicted molar refractivity (Wildman–Crippen MR) is 94.8 cm³/mol. The molecule has 2 aromatic rings. The van der Waals surface area contributed by atoms with Gasteiger partial charge < -0.3 is 20.1 Å². The Hall–Kier alpha value is -3.36. The van der Waals surface area contributed by atoms with Gasteiger partial charge in [0.1, 0.15) is 0 Å².